The Morgan fingerprint density at radius 2 is 1.58 bits per heavy atom. The van der Waals surface area contributed by atoms with Crippen molar-refractivity contribution >= 4 is 21.6 Å². The van der Waals surface area contributed by atoms with E-state index in [9.17, 15) is 13.2 Å². The highest BCUT2D eigenvalue weighted by Crippen LogP contribution is 2.30. The molecule has 1 amide bonds. The van der Waals surface area contributed by atoms with Crippen LogP contribution in [-0.4, -0.2) is 47.2 Å². The first-order valence-corrected chi connectivity index (χ1v) is 8.94. The van der Waals surface area contributed by atoms with Gasteiger partial charge >= 0.3 is 0 Å². The molecule has 1 N–H and O–H groups in total. The molecule has 2 aromatic rings. The molecule has 0 aliphatic carbocycles. The molecule has 0 radical (unpaired) electrons. The summed E-state index contributed by atoms with van der Waals surface area (Å²) in [6, 6.07) is 10.5. The molecular weight excluding hydrogens is 360 g/mol. The van der Waals surface area contributed by atoms with Crippen molar-refractivity contribution in [1.82, 2.24) is 4.47 Å². The van der Waals surface area contributed by atoms with Crippen LogP contribution >= 0.6 is 0 Å². The molecule has 0 spiro atoms. The van der Waals surface area contributed by atoms with Crippen LogP contribution in [0.15, 0.2) is 47.4 Å². The predicted molar refractivity (Wildman–Crippen MR) is 95.9 cm³/mol. The molecule has 9 heteroatoms. The number of hydrogen-bond acceptors (Lipinski definition) is 6. The quantitative estimate of drug-likeness (QED) is 0.740. The van der Waals surface area contributed by atoms with E-state index in [4.69, 9.17) is 14.3 Å². The average Bonchev–Trinajstić information content (AvgIpc) is 2.67. The fourth-order valence-electron chi connectivity index (χ4n) is 2.14. The van der Waals surface area contributed by atoms with E-state index in [1.165, 1.54) is 52.6 Å². The van der Waals surface area contributed by atoms with Gasteiger partial charge in [0.25, 0.3) is 15.9 Å². The lowest BCUT2D eigenvalue weighted by atomic mass is 10.2. The van der Waals surface area contributed by atoms with Gasteiger partial charge in [-0.25, -0.2) is 8.42 Å². The summed E-state index contributed by atoms with van der Waals surface area (Å²) in [7, 11) is 1.80. The Morgan fingerprint density at radius 3 is 2.12 bits per heavy atom. The minimum atomic E-state index is -3.76. The number of rotatable bonds is 7. The van der Waals surface area contributed by atoms with Crippen molar-refractivity contribution in [1.29, 1.82) is 0 Å². The lowest BCUT2D eigenvalue weighted by Gasteiger charge is -2.14. The first-order chi connectivity index (χ1) is 12.3. The molecule has 0 aliphatic heterocycles. The summed E-state index contributed by atoms with van der Waals surface area (Å²) in [6.45, 7) is 0. The molecule has 8 nitrogen and oxygen atoms in total. The Bertz CT molecular complexity index is 881. The van der Waals surface area contributed by atoms with E-state index >= 15 is 0 Å². The predicted octanol–water partition coefficient (Wildman–Crippen LogP) is 2.14. The van der Waals surface area contributed by atoms with Crippen molar-refractivity contribution in [3.63, 3.8) is 0 Å². The van der Waals surface area contributed by atoms with Crippen molar-refractivity contribution in [3.8, 4) is 11.5 Å². The second kappa shape index (κ2) is 8.17. The fraction of sp³-hybridized carbons (Fsp3) is 0.235. The first-order valence-electron chi connectivity index (χ1n) is 7.50. The number of amides is 1. The van der Waals surface area contributed by atoms with E-state index in [2.05, 4.69) is 5.32 Å². The van der Waals surface area contributed by atoms with Crippen LogP contribution in [0, 0.1) is 0 Å². The number of carbonyl (C=O) groups is 1. The van der Waals surface area contributed by atoms with Gasteiger partial charge in [-0.2, -0.15) is 0 Å². The maximum atomic E-state index is 12.4. The molecule has 2 aromatic carbocycles. The van der Waals surface area contributed by atoms with Gasteiger partial charge in [0.1, 0.15) is 0 Å². The summed E-state index contributed by atoms with van der Waals surface area (Å²) in [6.07, 6.45) is 0. The number of anilines is 1. The zero-order chi connectivity index (χ0) is 19.3. The third kappa shape index (κ3) is 4.13. The smallest absolute Gasteiger partial charge is 0.264 e. The van der Waals surface area contributed by atoms with E-state index in [-0.39, 0.29) is 10.8 Å². The molecule has 0 saturated carbocycles. The molecule has 2 rings (SSSR count). The largest absolute Gasteiger partial charge is 0.493 e. The molecule has 0 aliphatic rings. The van der Waals surface area contributed by atoms with Crippen molar-refractivity contribution in [3.05, 3.63) is 48.0 Å². The van der Waals surface area contributed by atoms with Crippen LogP contribution in [0.5, 0.6) is 11.5 Å². The maximum absolute atomic E-state index is 12.4. The Kier molecular flexibility index (Phi) is 6.19. The third-order valence-electron chi connectivity index (χ3n) is 3.65. The zero-order valence-corrected chi connectivity index (χ0v) is 15.7. The van der Waals surface area contributed by atoms with Crippen molar-refractivity contribution in [2.24, 2.45) is 0 Å². The monoisotopic (exact) mass is 380 g/mol. The van der Waals surface area contributed by atoms with Crippen molar-refractivity contribution < 1.29 is 27.5 Å². The highest BCUT2D eigenvalue weighted by molar-refractivity contribution is 7.89. The summed E-state index contributed by atoms with van der Waals surface area (Å²) in [5.74, 6) is 0.637. The van der Waals surface area contributed by atoms with Gasteiger partial charge < -0.3 is 14.8 Å². The van der Waals surface area contributed by atoms with Gasteiger partial charge in [-0.3, -0.25) is 9.63 Å². The van der Waals surface area contributed by atoms with Gasteiger partial charge in [0.05, 0.1) is 26.2 Å². The summed E-state index contributed by atoms with van der Waals surface area (Å²) in [5, 5.41) is 2.72. The number of nitrogens with zero attached hydrogens (tertiary/aromatic N) is 1. The Labute approximate surface area is 152 Å². The summed E-state index contributed by atoms with van der Waals surface area (Å²) < 4.78 is 35.4. The summed E-state index contributed by atoms with van der Waals surface area (Å²) >= 11 is 0. The number of hydrogen-bond donors (Lipinski definition) is 1. The van der Waals surface area contributed by atoms with Gasteiger partial charge in [0.2, 0.25) is 0 Å². The Hall–Kier alpha value is -2.62. The number of ether oxygens (including phenoxy) is 2. The zero-order valence-electron chi connectivity index (χ0n) is 14.8. The van der Waals surface area contributed by atoms with E-state index in [0.29, 0.717) is 22.7 Å². The number of sulfonamides is 1. The maximum Gasteiger partial charge on any atom is 0.264 e. The van der Waals surface area contributed by atoms with Crippen LogP contribution in [0.1, 0.15) is 10.4 Å². The van der Waals surface area contributed by atoms with Crippen LogP contribution in [0.4, 0.5) is 5.69 Å². The normalized spacial score (nSPS) is 11.3. The topological polar surface area (TPSA) is 94.2 Å². The Balaban J connectivity index is 2.18. The number of methoxy groups -OCH3 is 2. The second-order valence-corrected chi connectivity index (χ2v) is 7.08. The highest BCUT2D eigenvalue weighted by Gasteiger charge is 2.21. The molecular formula is C17H20N2O6S. The summed E-state index contributed by atoms with van der Waals surface area (Å²) in [5.41, 5.74) is 0.822. The molecule has 0 saturated heterocycles. The average molecular weight is 380 g/mol. The third-order valence-corrected chi connectivity index (χ3v) is 5.35. The molecule has 0 fully saturated rings. The van der Waals surface area contributed by atoms with Gasteiger partial charge in [0, 0.05) is 24.4 Å². The van der Waals surface area contributed by atoms with E-state index < -0.39 is 10.0 Å². The molecule has 140 valence electrons. The SMILES string of the molecule is COc1ccc(NC(=O)c2ccc(S(=O)(=O)N(C)OC)cc2)cc1OC. The molecule has 0 atom stereocenters. The lowest BCUT2D eigenvalue weighted by molar-refractivity contribution is -0.0258. The molecule has 0 bridgehead atoms. The summed E-state index contributed by atoms with van der Waals surface area (Å²) in [4.78, 5) is 17.1. The van der Waals surface area contributed by atoms with Gasteiger partial charge in [-0.1, -0.05) is 4.47 Å². The van der Waals surface area contributed by atoms with Crippen LogP contribution in [0.25, 0.3) is 0 Å². The molecule has 0 heterocycles. The second-order valence-electron chi connectivity index (χ2n) is 5.15. The number of hydroxylamine groups is 1. The number of carbonyl (C=O) groups excluding carboxylic acids is 1. The molecule has 0 aromatic heterocycles. The van der Waals surface area contributed by atoms with Crippen LogP contribution in [0.2, 0.25) is 0 Å². The van der Waals surface area contributed by atoms with Crippen LogP contribution in [0.3, 0.4) is 0 Å². The molecule has 0 unspecified atom stereocenters. The van der Waals surface area contributed by atoms with Gasteiger partial charge in [0.15, 0.2) is 11.5 Å². The van der Waals surface area contributed by atoms with Crippen LogP contribution in [-0.2, 0) is 14.9 Å². The van der Waals surface area contributed by atoms with Crippen molar-refractivity contribution in [2.45, 2.75) is 4.90 Å². The molecule has 26 heavy (non-hydrogen) atoms. The van der Waals surface area contributed by atoms with Gasteiger partial charge in [-0.15, -0.1) is 0 Å². The Morgan fingerprint density at radius 1 is 0.962 bits per heavy atom. The minimum absolute atomic E-state index is 0.0181. The fourth-order valence-corrected chi connectivity index (χ4v) is 3.12. The van der Waals surface area contributed by atoms with E-state index in [1.54, 1.807) is 18.2 Å². The van der Waals surface area contributed by atoms with E-state index in [1.807, 2.05) is 0 Å². The number of nitrogens with one attached hydrogen (secondary N) is 1. The first kappa shape index (κ1) is 19.7. The minimum Gasteiger partial charge on any atom is -0.493 e. The van der Waals surface area contributed by atoms with Gasteiger partial charge in [-0.05, 0) is 36.4 Å². The highest BCUT2D eigenvalue weighted by atomic mass is 32.2. The standard InChI is InChI=1S/C17H20N2O6S/c1-19(25-4)26(21,22)14-8-5-12(6-9-14)17(20)18-13-7-10-15(23-2)16(11-13)24-3/h5-11H,1-4H3,(H,18,20). The number of benzene rings is 2. The van der Waals surface area contributed by atoms with Crippen molar-refractivity contribution in [2.75, 3.05) is 33.7 Å². The lowest BCUT2D eigenvalue weighted by Crippen LogP contribution is -2.25. The van der Waals surface area contributed by atoms with Crippen LogP contribution < -0.4 is 14.8 Å². The van der Waals surface area contributed by atoms with E-state index in [0.717, 1.165) is 4.47 Å².